The van der Waals surface area contributed by atoms with Crippen molar-refractivity contribution in [2.75, 3.05) is 20.3 Å². The maximum absolute atomic E-state index is 12.7. The van der Waals surface area contributed by atoms with Gasteiger partial charge < -0.3 is 10.1 Å². The summed E-state index contributed by atoms with van der Waals surface area (Å²) >= 11 is 0. The molecule has 0 saturated carbocycles. The van der Waals surface area contributed by atoms with Crippen molar-refractivity contribution in [3.8, 4) is 0 Å². The van der Waals surface area contributed by atoms with E-state index in [1.165, 1.54) is 0 Å². The SMILES string of the molecule is COCC[NH2+]C(NC(C)=O)(C(F)(F)F)C(F)(F)F. The minimum Gasteiger partial charge on any atom is -0.379 e. The molecule has 10 heteroatoms. The minimum absolute atomic E-state index is 0.0437. The van der Waals surface area contributed by atoms with Gasteiger partial charge >= 0.3 is 18.0 Å². The Balaban J connectivity index is 5.35. The summed E-state index contributed by atoms with van der Waals surface area (Å²) in [6.07, 6.45) is -11.4. The van der Waals surface area contributed by atoms with Crippen LogP contribution in [0, 0.1) is 0 Å². The molecular formula is C8H13F6N2O2+. The number of rotatable bonds is 5. The molecule has 3 N–H and O–H groups in total. The van der Waals surface area contributed by atoms with E-state index in [0.29, 0.717) is 6.92 Å². The van der Waals surface area contributed by atoms with E-state index in [9.17, 15) is 31.1 Å². The Morgan fingerprint density at radius 1 is 1.17 bits per heavy atom. The third-order valence-corrected chi connectivity index (χ3v) is 2.04. The molecule has 0 spiro atoms. The van der Waals surface area contributed by atoms with Gasteiger partial charge in [-0.2, -0.15) is 26.3 Å². The van der Waals surface area contributed by atoms with Gasteiger partial charge in [0.15, 0.2) is 0 Å². The van der Waals surface area contributed by atoms with Crippen molar-refractivity contribution in [1.29, 1.82) is 0 Å². The van der Waals surface area contributed by atoms with Crippen LogP contribution in [0.1, 0.15) is 6.92 Å². The number of quaternary nitrogens is 1. The molecule has 0 fully saturated rings. The van der Waals surface area contributed by atoms with Gasteiger partial charge in [0, 0.05) is 14.0 Å². The lowest BCUT2D eigenvalue weighted by Gasteiger charge is -2.34. The molecule has 0 aromatic heterocycles. The third-order valence-electron chi connectivity index (χ3n) is 2.04. The van der Waals surface area contributed by atoms with Crippen LogP contribution in [0.25, 0.3) is 0 Å². The fourth-order valence-corrected chi connectivity index (χ4v) is 1.26. The Labute approximate surface area is 98.7 Å². The molecule has 0 aromatic rings. The summed E-state index contributed by atoms with van der Waals surface area (Å²) in [6, 6.07) is 0. The van der Waals surface area contributed by atoms with Gasteiger partial charge in [-0.25, -0.2) is 0 Å². The van der Waals surface area contributed by atoms with Crippen molar-refractivity contribution in [1.82, 2.24) is 5.32 Å². The van der Waals surface area contributed by atoms with Crippen molar-refractivity contribution in [3.63, 3.8) is 0 Å². The lowest BCUT2D eigenvalue weighted by molar-refractivity contribution is -0.785. The number of methoxy groups -OCH3 is 1. The predicted molar refractivity (Wildman–Crippen MR) is 47.3 cm³/mol. The predicted octanol–water partition coefficient (Wildman–Crippen LogP) is 0.153. The van der Waals surface area contributed by atoms with Gasteiger partial charge in [0.25, 0.3) is 0 Å². The summed E-state index contributed by atoms with van der Waals surface area (Å²) in [6.45, 7) is -0.361. The van der Waals surface area contributed by atoms with E-state index in [-0.39, 0.29) is 11.9 Å². The minimum atomic E-state index is -5.69. The average Bonchev–Trinajstić information content (AvgIpc) is 2.12. The van der Waals surface area contributed by atoms with Gasteiger partial charge in [-0.3, -0.25) is 10.1 Å². The molecule has 4 nitrogen and oxygen atoms in total. The highest BCUT2D eigenvalue weighted by Gasteiger charge is 2.76. The number of carbonyl (C=O) groups excluding carboxylic acids is 1. The first-order chi connectivity index (χ1) is 7.98. The molecule has 1 amide bonds. The topological polar surface area (TPSA) is 54.9 Å². The number of carbonyl (C=O) groups is 1. The van der Waals surface area contributed by atoms with Crippen molar-refractivity contribution in [3.05, 3.63) is 0 Å². The Hall–Kier alpha value is -1.03. The molecular weight excluding hydrogens is 270 g/mol. The van der Waals surface area contributed by atoms with Gasteiger partial charge in [0.2, 0.25) is 5.91 Å². The zero-order valence-electron chi connectivity index (χ0n) is 9.58. The molecule has 0 unspecified atom stereocenters. The van der Waals surface area contributed by atoms with E-state index < -0.39 is 30.5 Å². The van der Waals surface area contributed by atoms with Gasteiger partial charge in [0.05, 0.1) is 6.61 Å². The zero-order chi connectivity index (χ0) is 14.6. The Bertz CT molecular complexity index is 274. The van der Waals surface area contributed by atoms with Crippen LogP contribution in [0.15, 0.2) is 0 Å². The number of hydrogen-bond donors (Lipinski definition) is 2. The smallest absolute Gasteiger partial charge is 0.379 e. The first kappa shape index (κ1) is 17.0. The normalized spacial score (nSPS) is 13.6. The quantitative estimate of drug-likeness (QED) is 0.429. The maximum atomic E-state index is 12.7. The van der Waals surface area contributed by atoms with Crippen LogP contribution >= 0.6 is 0 Å². The molecule has 0 saturated heterocycles. The van der Waals surface area contributed by atoms with E-state index in [1.54, 1.807) is 0 Å². The molecule has 0 aromatic carbocycles. The van der Waals surface area contributed by atoms with E-state index in [0.717, 1.165) is 12.4 Å². The Morgan fingerprint density at radius 2 is 1.61 bits per heavy atom. The van der Waals surface area contributed by atoms with Crippen molar-refractivity contribution in [2.24, 2.45) is 0 Å². The van der Waals surface area contributed by atoms with E-state index >= 15 is 0 Å². The maximum Gasteiger partial charge on any atom is 0.475 e. The average molecular weight is 283 g/mol. The molecule has 108 valence electrons. The monoisotopic (exact) mass is 283 g/mol. The summed E-state index contributed by atoms with van der Waals surface area (Å²) < 4.78 is 80.3. The number of hydrogen-bond acceptors (Lipinski definition) is 2. The summed E-state index contributed by atoms with van der Waals surface area (Å²) in [5.41, 5.74) is -4.36. The highest BCUT2D eigenvalue weighted by Crippen LogP contribution is 2.38. The van der Waals surface area contributed by atoms with Gasteiger partial charge in [-0.05, 0) is 0 Å². The Kier molecular flexibility index (Phi) is 5.41. The summed E-state index contributed by atoms with van der Waals surface area (Å²) in [7, 11) is 1.13. The van der Waals surface area contributed by atoms with Crippen molar-refractivity contribution in [2.45, 2.75) is 24.9 Å². The van der Waals surface area contributed by atoms with E-state index in [4.69, 9.17) is 0 Å². The zero-order valence-corrected chi connectivity index (χ0v) is 9.58. The highest BCUT2D eigenvalue weighted by molar-refractivity contribution is 5.73. The molecule has 0 aliphatic rings. The number of nitrogens with one attached hydrogen (secondary N) is 1. The second kappa shape index (κ2) is 5.74. The van der Waals surface area contributed by atoms with Crippen LogP contribution in [0.5, 0.6) is 0 Å². The van der Waals surface area contributed by atoms with Crippen LogP contribution in [0.2, 0.25) is 0 Å². The molecule has 0 heterocycles. The van der Waals surface area contributed by atoms with Gasteiger partial charge in [0.1, 0.15) is 6.54 Å². The molecule has 0 bridgehead atoms. The highest BCUT2D eigenvalue weighted by atomic mass is 19.4. The summed E-state index contributed by atoms with van der Waals surface area (Å²) in [5.74, 6) is -1.43. The molecule has 0 aliphatic heterocycles. The second-order valence-electron chi connectivity index (χ2n) is 3.47. The van der Waals surface area contributed by atoms with Crippen LogP contribution in [0.4, 0.5) is 26.3 Å². The first-order valence-corrected chi connectivity index (χ1v) is 4.73. The fourth-order valence-electron chi connectivity index (χ4n) is 1.26. The van der Waals surface area contributed by atoms with Crippen LogP contribution in [-0.4, -0.2) is 44.2 Å². The van der Waals surface area contributed by atoms with Crippen molar-refractivity contribution >= 4 is 5.91 Å². The standard InChI is InChI=1S/C8H12F6N2O2/c1-5(17)16-6(7(9,10)11,8(12,13)14)15-3-4-18-2/h15H,3-4H2,1-2H3,(H,16,17)/p+1. The second-order valence-corrected chi connectivity index (χ2v) is 3.47. The summed E-state index contributed by atoms with van der Waals surface area (Å²) in [5, 5.41) is 0.888. The van der Waals surface area contributed by atoms with Crippen molar-refractivity contribution < 1.29 is 41.2 Å². The lowest BCUT2D eigenvalue weighted by atomic mass is 10.1. The van der Waals surface area contributed by atoms with Gasteiger partial charge in [-0.1, -0.05) is 0 Å². The molecule has 0 rings (SSSR count). The van der Waals surface area contributed by atoms with Crippen LogP contribution in [-0.2, 0) is 9.53 Å². The van der Waals surface area contributed by atoms with Crippen LogP contribution < -0.4 is 10.6 Å². The third kappa shape index (κ3) is 3.73. The molecule has 0 radical (unpaired) electrons. The number of halogens is 6. The Morgan fingerprint density at radius 3 is 1.89 bits per heavy atom. The lowest BCUT2D eigenvalue weighted by Crippen LogP contribution is -3.08. The number of nitrogens with two attached hydrogens (primary N) is 1. The van der Waals surface area contributed by atoms with Crippen LogP contribution in [0.3, 0.4) is 0 Å². The largest absolute Gasteiger partial charge is 0.475 e. The molecule has 0 aliphatic carbocycles. The van der Waals surface area contributed by atoms with E-state index in [1.807, 2.05) is 0 Å². The molecule has 18 heavy (non-hydrogen) atoms. The molecule has 0 atom stereocenters. The first-order valence-electron chi connectivity index (χ1n) is 4.73. The van der Waals surface area contributed by atoms with Gasteiger partial charge in [-0.15, -0.1) is 0 Å². The number of amides is 1. The van der Waals surface area contributed by atoms with E-state index in [2.05, 4.69) is 4.74 Å². The number of ether oxygens (including phenoxy) is 1. The number of alkyl halides is 6. The fraction of sp³-hybridized carbons (Fsp3) is 0.875. The summed E-state index contributed by atoms with van der Waals surface area (Å²) in [4.78, 5) is 10.6.